The van der Waals surface area contributed by atoms with E-state index in [9.17, 15) is 10.2 Å². The molecule has 3 atom stereocenters. The van der Waals surface area contributed by atoms with Crippen molar-refractivity contribution in [3.8, 4) is 0 Å². The van der Waals surface area contributed by atoms with Crippen molar-refractivity contribution in [2.45, 2.75) is 56.9 Å². The zero-order chi connectivity index (χ0) is 16.9. The number of aliphatic hydroxyl groups excluding tert-OH is 2. The normalized spacial score (nSPS) is 35.6. The minimum absolute atomic E-state index is 0.218. The highest BCUT2D eigenvalue weighted by molar-refractivity contribution is 5.81. The fourth-order valence-corrected chi connectivity index (χ4v) is 4.43. The minimum atomic E-state index is -0.828. The van der Waals surface area contributed by atoms with Crippen LogP contribution in [0.3, 0.4) is 0 Å². The van der Waals surface area contributed by atoms with Gasteiger partial charge < -0.3 is 25.8 Å². The maximum Gasteiger partial charge on any atom is 0.165 e. The van der Waals surface area contributed by atoms with Crippen molar-refractivity contribution >= 4 is 17.0 Å². The highest BCUT2D eigenvalue weighted by atomic mass is 16.3. The Morgan fingerprint density at radius 1 is 1.29 bits per heavy atom. The van der Waals surface area contributed by atoms with Crippen molar-refractivity contribution in [1.82, 2.24) is 24.8 Å². The van der Waals surface area contributed by atoms with Crippen LogP contribution in [0.2, 0.25) is 0 Å². The molecular weight excluding hydrogens is 308 g/mol. The van der Waals surface area contributed by atoms with Gasteiger partial charge in [0.1, 0.15) is 17.9 Å². The molecule has 0 aliphatic heterocycles. The number of anilines is 1. The van der Waals surface area contributed by atoms with E-state index >= 15 is 0 Å². The molecule has 8 nitrogen and oxygen atoms in total. The lowest BCUT2D eigenvalue weighted by molar-refractivity contribution is -0.0729. The molecule has 0 aromatic carbocycles. The number of rotatable bonds is 4. The maximum atomic E-state index is 10.6. The van der Waals surface area contributed by atoms with Crippen molar-refractivity contribution in [2.24, 2.45) is 5.41 Å². The fourth-order valence-electron chi connectivity index (χ4n) is 4.43. The Labute approximate surface area is 140 Å². The van der Waals surface area contributed by atoms with E-state index in [0.29, 0.717) is 23.0 Å². The average molecular weight is 332 g/mol. The first-order valence-corrected chi connectivity index (χ1v) is 8.58. The van der Waals surface area contributed by atoms with Crippen molar-refractivity contribution < 1.29 is 10.2 Å². The number of aliphatic hydroxyl groups is 2. The van der Waals surface area contributed by atoms with E-state index in [0.717, 1.165) is 32.2 Å². The van der Waals surface area contributed by atoms with E-state index in [1.807, 2.05) is 4.57 Å². The third-order valence-electron chi connectivity index (χ3n) is 5.69. The third-order valence-corrected chi connectivity index (χ3v) is 5.69. The van der Waals surface area contributed by atoms with Gasteiger partial charge in [-0.1, -0.05) is 6.92 Å². The monoisotopic (exact) mass is 332 g/mol. The Hall–Kier alpha value is -1.77. The number of nitrogens with zero attached hydrogens (tertiary/aromatic N) is 4. The van der Waals surface area contributed by atoms with Gasteiger partial charge in [-0.2, -0.15) is 0 Å². The second-order valence-corrected chi connectivity index (χ2v) is 7.21. The van der Waals surface area contributed by atoms with Crippen molar-refractivity contribution in [2.75, 3.05) is 12.3 Å². The molecule has 0 amide bonds. The zero-order valence-corrected chi connectivity index (χ0v) is 13.8. The third kappa shape index (κ3) is 2.21. The lowest BCUT2D eigenvalue weighted by Crippen LogP contribution is -2.54. The summed E-state index contributed by atoms with van der Waals surface area (Å²) in [5, 5.41) is 24.8. The molecule has 2 fully saturated rings. The van der Waals surface area contributed by atoms with Crippen molar-refractivity contribution in [1.29, 1.82) is 0 Å². The number of hydrogen-bond donors (Lipinski definition) is 4. The van der Waals surface area contributed by atoms with Gasteiger partial charge in [0.05, 0.1) is 18.5 Å². The number of aromatic nitrogens is 4. The van der Waals surface area contributed by atoms with E-state index < -0.39 is 12.2 Å². The van der Waals surface area contributed by atoms with E-state index in [1.165, 1.54) is 6.33 Å². The summed E-state index contributed by atoms with van der Waals surface area (Å²) in [5.74, 6) is 0.328. The van der Waals surface area contributed by atoms with Crippen LogP contribution in [-0.2, 0) is 0 Å². The molecule has 0 saturated heterocycles. The molecule has 130 valence electrons. The highest BCUT2D eigenvalue weighted by Gasteiger charge is 2.59. The number of nitrogens with two attached hydrogens (primary N) is 1. The molecule has 8 heteroatoms. The first kappa shape index (κ1) is 15.7. The summed E-state index contributed by atoms with van der Waals surface area (Å²) in [6.07, 6.45) is 5.09. The van der Waals surface area contributed by atoms with Crippen LogP contribution < -0.4 is 11.1 Å². The summed E-state index contributed by atoms with van der Waals surface area (Å²) in [6, 6.07) is 0.189. The average Bonchev–Trinajstić information content (AvgIpc) is 3.07. The number of fused-ring (bicyclic) bond motifs is 1. The molecule has 2 saturated carbocycles. The molecule has 2 aromatic heterocycles. The highest BCUT2D eigenvalue weighted by Crippen LogP contribution is 2.56. The molecule has 2 heterocycles. The molecule has 24 heavy (non-hydrogen) atoms. The molecule has 0 radical (unpaired) electrons. The second-order valence-electron chi connectivity index (χ2n) is 7.21. The smallest absolute Gasteiger partial charge is 0.165 e. The van der Waals surface area contributed by atoms with Crippen LogP contribution >= 0.6 is 0 Å². The van der Waals surface area contributed by atoms with Gasteiger partial charge in [-0.15, -0.1) is 0 Å². The predicted molar refractivity (Wildman–Crippen MR) is 89.2 cm³/mol. The molecule has 5 N–H and O–H groups in total. The Bertz CT molecular complexity index is 741. The lowest BCUT2D eigenvalue weighted by Gasteiger charge is -2.48. The van der Waals surface area contributed by atoms with Gasteiger partial charge in [0.15, 0.2) is 11.5 Å². The first-order valence-electron chi connectivity index (χ1n) is 8.58. The number of nitrogens with one attached hydrogen (secondary N) is 1. The molecule has 2 aliphatic carbocycles. The fraction of sp³-hybridized carbons (Fsp3) is 0.688. The minimum Gasteiger partial charge on any atom is -0.390 e. The van der Waals surface area contributed by atoms with Crippen LogP contribution in [0.1, 0.15) is 38.6 Å². The molecule has 1 spiro atoms. The van der Waals surface area contributed by atoms with Gasteiger partial charge in [0, 0.05) is 11.5 Å². The Morgan fingerprint density at radius 3 is 2.83 bits per heavy atom. The van der Waals surface area contributed by atoms with E-state index in [1.54, 1.807) is 6.33 Å². The van der Waals surface area contributed by atoms with Crippen LogP contribution in [-0.4, -0.2) is 54.5 Å². The van der Waals surface area contributed by atoms with Gasteiger partial charge in [0.2, 0.25) is 0 Å². The maximum absolute atomic E-state index is 10.6. The van der Waals surface area contributed by atoms with Crippen LogP contribution in [0.5, 0.6) is 0 Å². The van der Waals surface area contributed by atoms with Crippen LogP contribution in [0.25, 0.3) is 11.2 Å². The molecule has 4 rings (SSSR count). The Balaban J connectivity index is 1.58. The van der Waals surface area contributed by atoms with Gasteiger partial charge in [-0.3, -0.25) is 0 Å². The Morgan fingerprint density at radius 2 is 2.08 bits per heavy atom. The van der Waals surface area contributed by atoms with Gasteiger partial charge in [-0.25, -0.2) is 15.0 Å². The molecule has 0 unspecified atom stereocenters. The van der Waals surface area contributed by atoms with Gasteiger partial charge >= 0.3 is 0 Å². The van der Waals surface area contributed by atoms with Crippen LogP contribution in [0.4, 0.5) is 5.82 Å². The van der Waals surface area contributed by atoms with Crippen molar-refractivity contribution in [3.05, 3.63) is 12.7 Å². The molecular formula is C16H24N6O2. The van der Waals surface area contributed by atoms with Crippen LogP contribution in [0.15, 0.2) is 12.7 Å². The summed E-state index contributed by atoms with van der Waals surface area (Å²) >= 11 is 0. The van der Waals surface area contributed by atoms with Crippen molar-refractivity contribution in [3.63, 3.8) is 0 Å². The summed E-state index contributed by atoms with van der Waals surface area (Å²) in [6.45, 7) is 3.13. The predicted octanol–water partition coefficient (Wildman–Crippen LogP) is 0.223. The molecule has 0 bridgehead atoms. The van der Waals surface area contributed by atoms with Gasteiger partial charge in [-0.05, 0) is 32.2 Å². The van der Waals surface area contributed by atoms with E-state index in [2.05, 4.69) is 27.2 Å². The molecule has 2 aliphatic rings. The standard InChI is InChI=1S/C16H24N6O2/c1-2-3-18-9-4-16(5-9)6-10(12(23)13(16)24)22-8-21-11-14(17)19-7-20-15(11)22/h7-10,12-13,18,23-24H,2-6H2,1H3,(H2,17,19,20)/t9?,10-,12+,13+,16?/m1/s1. The largest absolute Gasteiger partial charge is 0.390 e. The first-order chi connectivity index (χ1) is 11.6. The van der Waals surface area contributed by atoms with E-state index in [-0.39, 0.29) is 11.5 Å². The lowest BCUT2D eigenvalue weighted by atomic mass is 9.63. The summed E-state index contributed by atoms with van der Waals surface area (Å²) < 4.78 is 1.84. The quantitative estimate of drug-likeness (QED) is 0.632. The summed E-state index contributed by atoms with van der Waals surface area (Å²) in [7, 11) is 0. The Kier molecular flexibility index (Phi) is 3.70. The number of imidazole rings is 1. The number of hydrogen-bond acceptors (Lipinski definition) is 7. The van der Waals surface area contributed by atoms with Crippen LogP contribution in [0, 0.1) is 5.41 Å². The second kappa shape index (κ2) is 5.65. The van der Waals surface area contributed by atoms with Gasteiger partial charge in [0.25, 0.3) is 0 Å². The SMILES string of the molecule is CCCNC1CC2(C1)C[C@@H](n1cnc3c(N)ncnc31)[C@H](O)[C@@H]2O. The van der Waals surface area contributed by atoms with E-state index in [4.69, 9.17) is 5.73 Å². The molecule has 2 aromatic rings. The summed E-state index contributed by atoms with van der Waals surface area (Å²) in [4.78, 5) is 12.5. The zero-order valence-electron chi connectivity index (χ0n) is 13.8. The number of nitrogen functional groups attached to an aromatic ring is 1. The topological polar surface area (TPSA) is 122 Å². The summed E-state index contributed by atoms with van der Waals surface area (Å²) in [5.41, 5.74) is 6.77.